The van der Waals surface area contributed by atoms with Crippen molar-refractivity contribution in [3.63, 3.8) is 0 Å². The number of nitrogens with one attached hydrogen (secondary N) is 2. The minimum absolute atomic E-state index is 0.430. The summed E-state index contributed by atoms with van der Waals surface area (Å²) >= 11 is 0. The molecule has 2 heteroatoms. The number of hydrogen-bond acceptors (Lipinski definition) is 2. The van der Waals surface area contributed by atoms with Gasteiger partial charge in [0.1, 0.15) is 0 Å². The van der Waals surface area contributed by atoms with Crippen molar-refractivity contribution in [2.24, 2.45) is 35.0 Å². The van der Waals surface area contributed by atoms with Crippen LogP contribution >= 0.6 is 0 Å². The summed E-state index contributed by atoms with van der Waals surface area (Å²) in [6.07, 6.45) is 8.08. The molecule has 0 radical (unpaired) electrons. The molecule has 1 aliphatic heterocycles. The van der Waals surface area contributed by atoms with Crippen LogP contribution in [-0.2, 0) is 0 Å². The van der Waals surface area contributed by atoms with Crippen molar-refractivity contribution in [2.45, 2.75) is 84.8 Å². The molecule has 26 heavy (non-hydrogen) atoms. The summed E-state index contributed by atoms with van der Waals surface area (Å²) in [7, 11) is 0. The van der Waals surface area contributed by atoms with Crippen molar-refractivity contribution < 1.29 is 0 Å². The van der Waals surface area contributed by atoms with E-state index in [4.69, 9.17) is 0 Å². The van der Waals surface area contributed by atoms with E-state index in [1.54, 1.807) is 11.1 Å². The van der Waals surface area contributed by atoms with E-state index in [1.807, 2.05) is 5.57 Å². The lowest BCUT2D eigenvalue weighted by molar-refractivity contribution is -0.000299. The first-order valence-corrected chi connectivity index (χ1v) is 11.3. The number of rotatable bonds is 4. The van der Waals surface area contributed by atoms with Gasteiger partial charge in [-0.05, 0) is 67.9 Å². The van der Waals surface area contributed by atoms with Gasteiger partial charge in [-0.1, -0.05) is 58.3 Å². The molecule has 5 aliphatic rings. The van der Waals surface area contributed by atoms with E-state index >= 15 is 0 Å². The summed E-state index contributed by atoms with van der Waals surface area (Å²) in [6.45, 7) is 15.8. The molecule has 2 N–H and O–H groups in total. The van der Waals surface area contributed by atoms with E-state index in [0.29, 0.717) is 22.9 Å². The number of likely N-dealkylation sites (N-methyl/N-ethyl adjacent to an activating group) is 1. The van der Waals surface area contributed by atoms with E-state index < -0.39 is 0 Å². The fourth-order valence-electron chi connectivity index (χ4n) is 8.52. The Morgan fingerprint density at radius 3 is 2.73 bits per heavy atom. The number of hydrogen-bond donors (Lipinski definition) is 2. The fraction of sp³-hybridized carbons (Fsp3) is 0.833. The van der Waals surface area contributed by atoms with Gasteiger partial charge in [0.2, 0.25) is 0 Å². The van der Waals surface area contributed by atoms with Crippen LogP contribution in [0.4, 0.5) is 0 Å². The molecule has 8 unspecified atom stereocenters. The first kappa shape index (κ1) is 17.5. The molecule has 4 aliphatic carbocycles. The molecule has 9 atom stereocenters. The van der Waals surface area contributed by atoms with Gasteiger partial charge in [-0.25, -0.2) is 0 Å². The van der Waals surface area contributed by atoms with Gasteiger partial charge in [-0.3, -0.25) is 0 Å². The standard InChI is InChI=1S/C24H38N2/c1-7-9-16-11-19-23(6)21(14(4)17-12-24(17,19)26-16)20-13(3)10-18(25-8-2)15(5)22(20)23/h10,14-19,21,25-26H,7-9,11-12H2,1-6H3/t14?,15-,16?,17?,18?,19?,21?,23?,24?/m1/s1. The highest BCUT2D eigenvalue weighted by Crippen LogP contribution is 2.78. The van der Waals surface area contributed by atoms with Gasteiger partial charge in [0.05, 0.1) is 0 Å². The molecule has 1 heterocycles. The smallest absolute Gasteiger partial charge is 0.0319 e. The van der Waals surface area contributed by atoms with Crippen molar-refractivity contribution in [1.29, 1.82) is 0 Å². The van der Waals surface area contributed by atoms with Crippen molar-refractivity contribution in [1.82, 2.24) is 10.6 Å². The van der Waals surface area contributed by atoms with Crippen molar-refractivity contribution in [3.8, 4) is 0 Å². The predicted octanol–water partition coefficient (Wildman–Crippen LogP) is 4.68. The normalized spacial score (nSPS) is 53.9. The molecule has 0 aromatic carbocycles. The van der Waals surface area contributed by atoms with E-state index in [9.17, 15) is 0 Å². The Kier molecular flexibility index (Phi) is 3.68. The molecule has 5 rings (SSSR count). The van der Waals surface area contributed by atoms with E-state index in [2.05, 4.69) is 58.3 Å². The highest BCUT2D eigenvalue weighted by atomic mass is 15.1. The van der Waals surface area contributed by atoms with Crippen LogP contribution in [0.15, 0.2) is 22.8 Å². The average Bonchev–Trinajstić information content (AvgIpc) is 3.18. The molecule has 0 amide bonds. The Morgan fingerprint density at radius 2 is 2.04 bits per heavy atom. The molecule has 144 valence electrons. The highest BCUT2D eigenvalue weighted by Gasteiger charge is 2.77. The molecule has 0 bridgehead atoms. The lowest BCUT2D eigenvalue weighted by Gasteiger charge is -2.64. The van der Waals surface area contributed by atoms with Crippen LogP contribution in [0.25, 0.3) is 0 Å². The minimum Gasteiger partial charge on any atom is -0.310 e. The Bertz CT molecular complexity index is 690. The van der Waals surface area contributed by atoms with Gasteiger partial charge >= 0.3 is 0 Å². The van der Waals surface area contributed by atoms with Crippen LogP contribution in [0.1, 0.15) is 67.2 Å². The first-order valence-electron chi connectivity index (χ1n) is 11.3. The lowest BCUT2D eigenvalue weighted by Crippen LogP contribution is -2.61. The summed E-state index contributed by atoms with van der Waals surface area (Å²) in [5, 5.41) is 7.95. The van der Waals surface area contributed by atoms with Crippen molar-refractivity contribution in [3.05, 3.63) is 22.8 Å². The number of fused-ring (bicyclic) bond motifs is 4. The second-order valence-electron chi connectivity index (χ2n) is 10.4. The van der Waals surface area contributed by atoms with Crippen molar-refractivity contribution in [2.75, 3.05) is 6.54 Å². The maximum atomic E-state index is 4.19. The second-order valence-corrected chi connectivity index (χ2v) is 10.4. The van der Waals surface area contributed by atoms with Crippen LogP contribution in [0.2, 0.25) is 0 Å². The second kappa shape index (κ2) is 5.47. The summed E-state index contributed by atoms with van der Waals surface area (Å²) < 4.78 is 0. The third kappa shape index (κ3) is 1.86. The lowest BCUT2D eigenvalue weighted by atomic mass is 9.40. The van der Waals surface area contributed by atoms with E-state index in [1.165, 1.54) is 25.7 Å². The maximum absolute atomic E-state index is 4.19. The van der Waals surface area contributed by atoms with Gasteiger partial charge < -0.3 is 10.6 Å². The minimum atomic E-state index is 0.430. The van der Waals surface area contributed by atoms with Crippen LogP contribution < -0.4 is 10.6 Å². The zero-order valence-electron chi connectivity index (χ0n) is 17.7. The molecule has 3 fully saturated rings. The molecule has 0 aromatic rings. The summed E-state index contributed by atoms with van der Waals surface area (Å²) in [5.41, 5.74) is 6.13. The molecule has 1 spiro atoms. The van der Waals surface area contributed by atoms with Gasteiger partial charge in [0.15, 0.2) is 0 Å². The topological polar surface area (TPSA) is 24.1 Å². The third-order valence-corrected chi connectivity index (χ3v) is 9.31. The van der Waals surface area contributed by atoms with E-state index in [0.717, 1.165) is 36.3 Å². The first-order chi connectivity index (χ1) is 12.4. The zero-order valence-corrected chi connectivity index (χ0v) is 17.7. The summed E-state index contributed by atoms with van der Waals surface area (Å²) in [6, 6.07) is 1.29. The van der Waals surface area contributed by atoms with Gasteiger partial charge in [-0.15, -0.1) is 0 Å². The highest BCUT2D eigenvalue weighted by molar-refractivity contribution is 5.57. The molecule has 2 nitrogen and oxygen atoms in total. The monoisotopic (exact) mass is 354 g/mol. The quantitative estimate of drug-likeness (QED) is 0.766. The Balaban J connectivity index is 1.56. The van der Waals surface area contributed by atoms with Crippen molar-refractivity contribution >= 4 is 0 Å². The van der Waals surface area contributed by atoms with E-state index in [-0.39, 0.29) is 0 Å². The van der Waals surface area contributed by atoms with Crippen LogP contribution in [0, 0.1) is 35.0 Å². The molecular weight excluding hydrogens is 316 g/mol. The predicted molar refractivity (Wildman–Crippen MR) is 109 cm³/mol. The molecule has 0 aromatic heterocycles. The third-order valence-electron chi connectivity index (χ3n) is 9.31. The van der Waals surface area contributed by atoms with Crippen LogP contribution in [-0.4, -0.2) is 24.2 Å². The summed E-state index contributed by atoms with van der Waals surface area (Å²) in [4.78, 5) is 0. The Hall–Kier alpha value is -0.600. The maximum Gasteiger partial charge on any atom is 0.0319 e. The Morgan fingerprint density at radius 1 is 1.27 bits per heavy atom. The summed E-state index contributed by atoms with van der Waals surface area (Å²) in [5.74, 6) is 4.10. The molecular formula is C24H38N2. The Labute approximate surface area is 160 Å². The number of allylic oxidation sites excluding steroid dienone is 2. The fourth-order valence-corrected chi connectivity index (χ4v) is 8.52. The van der Waals surface area contributed by atoms with Crippen LogP contribution in [0.3, 0.4) is 0 Å². The van der Waals surface area contributed by atoms with Gasteiger partial charge in [0.25, 0.3) is 0 Å². The van der Waals surface area contributed by atoms with Gasteiger partial charge in [0, 0.05) is 23.0 Å². The SMILES string of the molecule is CCCC1CC2C3(CC3C(C)C3C4=C([C@H](C)C(NCC)C=C4C)C32C)N1. The zero-order chi connectivity index (χ0) is 18.4. The molecule has 1 saturated heterocycles. The largest absolute Gasteiger partial charge is 0.310 e. The average molecular weight is 355 g/mol. The van der Waals surface area contributed by atoms with Crippen LogP contribution in [0.5, 0.6) is 0 Å². The molecule has 2 saturated carbocycles. The van der Waals surface area contributed by atoms with Gasteiger partial charge in [-0.2, -0.15) is 0 Å².